The van der Waals surface area contributed by atoms with Gasteiger partial charge in [-0.25, -0.2) is 0 Å². The van der Waals surface area contributed by atoms with E-state index in [1.165, 1.54) is 16.7 Å². The van der Waals surface area contributed by atoms with Crippen LogP contribution in [-0.4, -0.2) is 16.3 Å². The molecule has 5 atom stereocenters. The summed E-state index contributed by atoms with van der Waals surface area (Å²) < 4.78 is 0. The third-order valence-electron chi connectivity index (χ3n) is 7.80. The van der Waals surface area contributed by atoms with Crippen molar-refractivity contribution < 1.29 is 10.2 Å². The summed E-state index contributed by atoms with van der Waals surface area (Å²) in [6.07, 6.45) is 7.16. The lowest BCUT2D eigenvalue weighted by molar-refractivity contribution is -0.0158. The van der Waals surface area contributed by atoms with Crippen molar-refractivity contribution in [1.82, 2.24) is 0 Å². The number of fused-ring (bicyclic) bond motifs is 5. The highest BCUT2D eigenvalue weighted by Crippen LogP contribution is 2.62. The summed E-state index contributed by atoms with van der Waals surface area (Å²) in [4.78, 5) is 0. The summed E-state index contributed by atoms with van der Waals surface area (Å²) in [6, 6.07) is 13.8. The Kier molecular flexibility index (Phi) is 4.33. The number of benzene rings is 2. The second kappa shape index (κ2) is 6.64. The van der Waals surface area contributed by atoms with Gasteiger partial charge in [-0.05, 0) is 96.4 Å². The van der Waals surface area contributed by atoms with E-state index in [1.54, 1.807) is 0 Å². The van der Waals surface area contributed by atoms with E-state index in [-0.39, 0.29) is 11.5 Å². The Labute approximate surface area is 171 Å². The molecule has 0 radical (unpaired) electrons. The monoisotopic (exact) mass is 394 g/mol. The first kappa shape index (κ1) is 18.3. The van der Waals surface area contributed by atoms with Gasteiger partial charge < -0.3 is 10.2 Å². The Balaban J connectivity index is 1.47. The van der Waals surface area contributed by atoms with Crippen LogP contribution in [0, 0.1) is 17.3 Å². The first-order valence-electron chi connectivity index (χ1n) is 10.4. The molecule has 2 aromatic carbocycles. The lowest BCUT2D eigenvalue weighted by Crippen LogP contribution is -2.44. The van der Waals surface area contributed by atoms with Crippen molar-refractivity contribution in [1.29, 1.82) is 0 Å². The van der Waals surface area contributed by atoms with Crippen LogP contribution in [0.15, 0.2) is 48.0 Å². The molecule has 0 spiro atoms. The minimum atomic E-state index is -0.365. The Morgan fingerprint density at radius 1 is 1.11 bits per heavy atom. The standard InChI is InChI=1S/C25H27ClO2/c1-25-11-10-21-20-9-7-19(27)13-16(20)4-8-22(21)23(25)14-17(24(25)28)12-15-2-5-18(26)6-3-15/h2-3,5-7,9,12-13,21-24,27-28H,4,8,10-11,14H2,1H3/b17-12+/t21-,22+,23+,24+,25+/m1/s1. The molecule has 3 heteroatoms. The zero-order chi connectivity index (χ0) is 19.5. The molecule has 5 rings (SSSR count). The lowest BCUT2D eigenvalue weighted by Gasteiger charge is -2.49. The SMILES string of the molecule is C[C@]12CC[C@@H]3c4ccc(O)cc4CC[C@@H]3[C@@H]1C/C(=C\c1ccc(Cl)cc1)[C@@H]2O. The molecule has 0 aliphatic heterocycles. The van der Waals surface area contributed by atoms with Crippen molar-refractivity contribution in [2.45, 2.75) is 51.0 Å². The van der Waals surface area contributed by atoms with Gasteiger partial charge in [-0.3, -0.25) is 0 Å². The van der Waals surface area contributed by atoms with Crippen LogP contribution >= 0.6 is 11.6 Å². The summed E-state index contributed by atoms with van der Waals surface area (Å²) in [5, 5.41) is 21.8. The number of aromatic hydroxyl groups is 1. The molecular formula is C25H27ClO2. The van der Waals surface area contributed by atoms with Crippen LogP contribution < -0.4 is 0 Å². The van der Waals surface area contributed by atoms with Gasteiger partial charge in [0, 0.05) is 10.4 Å². The molecule has 0 heterocycles. The fourth-order valence-corrected chi connectivity index (χ4v) is 6.47. The summed E-state index contributed by atoms with van der Waals surface area (Å²) in [6.45, 7) is 2.30. The van der Waals surface area contributed by atoms with E-state index >= 15 is 0 Å². The maximum absolute atomic E-state index is 11.3. The van der Waals surface area contributed by atoms with E-state index in [1.807, 2.05) is 36.4 Å². The van der Waals surface area contributed by atoms with Crippen LogP contribution in [0.5, 0.6) is 5.75 Å². The molecule has 3 aliphatic carbocycles. The predicted molar refractivity (Wildman–Crippen MR) is 114 cm³/mol. The fraction of sp³-hybridized carbons (Fsp3) is 0.440. The van der Waals surface area contributed by atoms with Gasteiger partial charge in [0.2, 0.25) is 0 Å². The minimum absolute atomic E-state index is 0.0339. The topological polar surface area (TPSA) is 40.5 Å². The molecule has 2 N–H and O–H groups in total. The van der Waals surface area contributed by atoms with Crippen molar-refractivity contribution in [3.05, 3.63) is 69.8 Å². The summed E-state index contributed by atoms with van der Waals surface area (Å²) >= 11 is 6.02. The van der Waals surface area contributed by atoms with Gasteiger partial charge in [0.15, 0.2) is 0 Å². The lowest BCUT2D eigenvalue weighted by atomic mass is 9.55. The fourth-order valence-electron chi connectivity index (χ4n) is 6.34. The molecule has 0 bridgehead atoms. The van der Waals surface area contributed by atoms with E-state index in [2.05, 4.69) is 19.1 Å². The van der Waals surface area contributed by atoms with Gasteiger partial charge in [-0.2, -0.15) is 0 Å². The summed E-state index contributed by atoms with van der Waals surface area (Å²) in [5.41, 5.74) is 5.00. The smallest absolute Gasteiger partial charge is 0.115 e. The zero-order valence-corrected chi connectivity index (χ0v) is 17.0. The highest BCUT2D eigenvalue weighted by atomic mass is 35.5. The van der Waals surface area contributed by atoms with E-state index in [9.17, 15) is 10.2 Å². The number of rotatable bonds is 1. The molecule has 146 valence electrons. The molecule has 2 saturated carbocycles. The maximum Gasteiger partial charge on any atom is 0.115 e. The second-order valence-electron chi connectivity index (χ2n) is 9.22. The van der Waals surface area contributed by atoms with Crippen molar-refractivity contribution >= 4 is 17.7 Å². The molecule has 2 fully saturated rings. The highest BCUT2D eigenvalue weighted by Gasteiger charge is 2.56. The Morgan fingerprint density at radius 3 is 2.68 bits per heavy atom. The number of halogens is 1. The van der Waals surface area contributed by atoms with Crippen molar-refractivity contribution in [2.24, 2.45) is 17.3 Å². The Hall–Kier alpha value is -1.77. The van der Waals surface area contributed by atoms with Gasteiger partial charge in [-0.1, -0.05) is 42.8 Å². The first-order chi connectivity index (χ1) is 13.5. The van der Waals surface area contributed by atoms with E-state index in [0.29, 0.717) is 23.5 Å². The van der Waals surface area contributed by atoms with E-state index in [0.717, 1.165) is 42.7 Å². The van der Waals surface area contributed by atoms with E-state index < -0.39 is 0 Å². The highest BCUT2D eigenvalue weighted by molar-refractivity contribution is 6.30. The number of phenolic OH excluding ortho intramolecular Hbond substituents is 1. The van der Waals surface area contributed by atoms with Gasteiger partial charge >= 0.3 is 0 Å². The molecule has 0 saturated heterocycles. The van der Waals surface area contributed by atoms with Gasteiger partial charge in [0.1, 0.15) is 5.75 Å². The predicted octanol–water partition coefficient (Wildman–Crippen LogP) is 5.96. The molecule has 2 aromatic rings. The molecule has 0 amide bonds. The number of hydrogen-bond donors (Lipinski definition) is 2. The molecular weight excluding hydrogens is 368 g/mol. The van der Waals surface area contributed by atoms with Crippen LogP contribution in [0.2, 0.25) is 5.02 Å². The van der Waals surface area contributed by atoms with E-state index in [4.69, 9.17) is 11.6 Å². The number of aryl methyl sites for hydroxylation is 1. The number of aliphatic hydroxyl groups is 1. The normalized spacial score (nSPS) is 35.3. The number of hydrogen-bond acceptors (Lipinski definition) is 2. The first-order valence-corrected chi connectivity index (χ1v) is 10.8. The van der Waals surface area contributed by atoms with Crippen molar-refractivity contribution in [3.8, 4) is 5.75 Å². The molecule has 3 aliphatic rings. The average molecular weight is 395 g/mol. The molecule has 0 aromatic heterocycles. The largest absolute Gasteiger partial charge is 0.508 e. The van der Waals surface area contributed by atoms with Crippen LogP contribution in [0.25, 0.3) is 6.08 Å². The van der Waals surface area contributed by atoms with Crippen molar-refractivity contribution in [3.63, 3.8) is 0 Å². The maximum atomic E-state index is 11.3. The van der Waals surface area contributed by atoms with Crippen LogP contribution in [0.1, 0.15) is 55.2 Å². The second-order valence-corrected chi connectivity index (χ2v) is 9.66. The van der Waals surface area contributed by atoms with Gasteiger partial charge in [0.25, 0.3) is 0 Å². The number of phenols is 1. The summed E-state index contributed by atoms with van der Waals surface area (Å²) in [7, 11) is 0. The molecule has 2 nitrogen and oxygen atoms in total. The average Bonchev–Trinajstić information content (AvgIpc) is 2.94. The Bertz CT molecular complexity index is 932. The third-order valence-corrected chi connectivity index (χ3v) is 8.05. The van der Waals surface area contributed by atoms with Gasteiger partial charge in [0.05, 0.1) is 6.10 Å². The van der Waals surface area contributed by atoms with Crippen LogP contribution in [0.3, 0.4) is 0 Å². The van der Waals surface area contributed by atoms with Crippen LogP contribution in [0.4, 0.5) is 0 Å². The third kappa shape index (κ3) is 2.81. The quantitative estimate of drug-likeness (QED) is 0.626. The summed E-state index contributed by atoms with van der Waals surface area (Å²) in [5.74, 6) is 2.06. The zero-order valence-electron chi connectivity index (χ0n) is 16.2. The molecule has 0 unspecified atom stereocenters. The Morgan fingerprint density at radius 2 is 1.89 bits per heavy atom. The van der Waals surface area contributed by atoms with Crippen molar-refractivity contribution in [2.75, 3.05) is 0 Å². The minimum Gasteiger partial charge on any atom is -0.508 e. The molecule has 28 heavy (non-hydrogen) atoms. The number of aliphatic hydroxyl groups excluding tert-OH is 1. The van der Waals surface area contributed by atoms with Gasteiger partial charge in [-0.15, -0.1) is 0 Å². The van der Waals surface area contributed by atoms with Crippen LogP contribution in [-0.2, 0) is 6.42 Å².